The minimum atomic E-state index is -0.583. The van der Waals surface area contributed by atoms with Crippen LogP contribution < -0.4 is 11.2 Å². The predicted octanol–water partition coefficient (Wildman–Crippen LogP) is 2.01. The Morgan fingerprint density at radius 1 is 1.14 bits per heavy atom. The number of rotatable bonds is 4. The fourth-order valence-electron chi connectivity index (χ4n) is 3.46. The van der Waals surface area contributed by atoms with E-state index in [0.29, 0.717) is 28.6 Å². The third-order valence-corrected chi connectivity index (χ3v) is 5.18. The highest BCUT2D eigenvalue weighted by Crippen LogP contribution is 2.16. The van der Waals surface area contributed by atoms with E-state index in [4.69, 9.17) is 11.6 Å². The molecule has 0 radical (unpaired) electrons. The molecule has 0 fully saturated rings. The maximum Gasteiger partial charge on any atom is 0.332 e. The highest BCUT2D eigenvalue weighted by Gasteiger charge is 2.21. The summed E-state index contributed by atoms with van der Waals surface area (Å²) in [5.41, 5.74) is 0.772. The van der Waals surface area contributed by atoms with Crippen molar-refractivity contribution in [1.82, 2.24) is 23.1 Å². The molecule has 3 heterocycles. The van der Waals surface area contributed by atoms with Crippen molar-refractivity contribution < 1.29 is 4.79 Å². The van der Waals surface area contributed by atoms with E-state index in [2.05, 4.69) is 4.98 Å². The van der Waals surface area contributed by atoms with Crippen LogP contribution >= 0.6 is 11.6 Å². The Morgan fingerprint density at radius 2 is 1.82 bits per heavy atom. The van der Waals surface area contributed by atoms with Crippen molar-refractivity contribution in [3.05, 3.63) is 67.6 Å². The van der Waals surface area contributed by atoms with Gasteiger partial charge in [0.05, 0.1) is 6.54 Å². The van der Waals surface area contributed by atoms with Crippen LogP contribution in [0.15, 0.2) is 40.1 Å². The second-order valence-corrected chi connectivity index (χ2v) is 7.07. The summed E-state index contributed by atoms with van der Waals surface area (Å²) in [6.07, 6.45) is 1.81. The van der Waals surface area contributed by atoms with Crippen LogP contribution in [-0.2, 0) is 20.1 Å². The molecule has 0 aliphatic carbocycles. The summed E-state index contributed by atoms with van der Waals surface area (Å²) < 4.78 is 5.88. The maximum absolute atomic E-state index is 13.1. The van der Waals surface area contributed by atoms with Gasteiger partial charge in [-0.25, -0.2) is 4.79 Å². The molecule has 9 heteroatoms. The van der Waals surface area contributed by atoms with Crippen LogP contribution in [0.1, 0.15) is 23.0 Å². The second-order valence-electron chi connectivity index (χ2n) is 6.63. The van der Waals surface area contributed by atoms with Crippen LogP contribution in [0.3, 0.4) is 0 Å². The summed E-state index contributed by atoms with van der Waals surface area (Å²) in [4.78, 5) is 43.0. The Morgan fingerprint density at radius 3 is 2.46 bits per heavy atom. The summed E-state index contributed by atoms with van der Waals surface area (Å²) >= 11 is 5.85. The lowest BCUT2D eigenvalue weighted by molar-refractivity contribution is 0.0969. The molecule has 0 aliphatic rings. The van der Waals surface area contributed by atoms with Crippen molar-refractivity contribution in [1.29, 1.82) is 0 Å². The van der Waals surface area contributed by atoms with Crippen molar-refractivity contribution in [2.24, 2.45) is 7.05 Å². The van der Waals surface area contributed by atoms with Crippen LogP contribution in [-0.4, -0.2) is 28.9 Å². The van der Waals surface area contributed by atoms with Gasteiger partial charge in [0.15, 0.2) is 16.9 Å². The molecule has 8 nitrogen and oxygen atoms in total. The van der Waals surface area contributed by atoms with Crippen LogP contribution in [0, 0.1) is 6.92 Å². The van der Waals surface area contributed by atoms with Gasteiger partial charge in [-0.1, -0.05) is 11.6 Å². The van der Waals surface area contributed by atoms with E-state index >= 15 is 0 Å². The summed E-state index contributed by atoms with van der Waals surface area (Å²) in [5, 5.41) is 0.503. The highest BCUT2D eigenvalue weighted by molar-refractivity contribution is 6.30. The minimum absolute atomic E-state index is 0.274. The number of nitrogens with zero attached hydrogens (tertiary/aromatic N) is 5. The van der Waals surface area contributed by atoms with Gasteiger partial charge in [0, 0.05) is 36.1 Å². The van der Waals surface area contributed by atoms with Crippen molar-refractivity contribution in [3.8, 4) is 0 Å². The lowest BCUT2D eigenvalue weighted by Gasteiger charge is -2.08. The van der Waals surface area contributed by atoms with E-state index in [-0.39, 0.29) is 17.8 Å². The number of halogens is 1. The van der Waals surface area contributed by atoms with E-state index in [9.17, 15) is 14.4 Å². The number of imidazole rings is 2. The average Bonchev–Trinajstić information content (AvgIpc) is 3.18. The minimum Gasteiger partial charge on any atom is -0.314 e. The summed E-state index contributed by atoms with van der Waals surface area (Å²) in [7, 11) is 1.54. The van der Waals surface area contributed by atoms with Crippen LogP contribution in [0.4, 0.5) is 0 Å². The smallest absolute Gasteiger partial charge is 0.314 e. The first-order chi connectivity index (χ1) is 13.3. The molecule has 0 unspecified atom stereocenters. The van der Waals surface area contributed by atoms with E-state index in [1.807, 2.05) is 24.6 Å². The lowest BCUT2D eigenvalue weighted by atomic mass is 10.1. The fraction of sp³-hybridized carbons (Fsp3) is 0.263. The van der Waals surface area contributed by atoms with Crippen molar-refractivity contribution >= 4 is 34.3 Å². The molecular weight excluding hydrogens is 382 g/mol. The van der Waals surface area contributed by atoms with Gasteiger partial charge < -0.3 is 4.57 Å². The number of fused-ring (bicyclic) bond motifs is 3. The third-order valence-electron chi connectivity index (χ3n) is 4.92. The second kappa shape index (κ2) is 6.49. The van der Waals surface area contributed by atoms with E-state index in [1.165, 1.54) is 4.57 Å². The van der Waals surface area contributed by atoms with Gasteiger partial charge in [-0.15, -0.1) is 0 Å². The fourth-order valence-corrected chi connectivity index (χ4v) is 3.58. The van der Waals surface area contributed by atoms with Crippen molar-refractivity contribution in [2.45, 2.75) is 26.9 Å². The van der Waals surface area contributed by atoms with E-state index in [0.717, 1.165) is 10.3 Å². The number of ketones is 1. The number of benzene rings is 1. The van der Waals surface area contributed by atoms with Crippen molar-refractivity contribution in [2.75, 3.05) is 0 Å². The largest absolute Gasteiger partial charge is 0.332 e. The molecule has 28 heavy (non-hydrogen) atoms. The monoisotopic (exact) mass is 399 g/mol. The molecule has 1 aromatic carbocycles. The number of hydrogen-bond acceptors (Lipinski definition) is 4. The molecule has 0 saturated heterocycles. The molecule has 0 saturated carbocycles. The zero-order chi connectivity index (χ0) is 20.2. The summed E-state index contributed by atoms with van der Waals surface area (Å²) in [6.45, 7) is 4.23. The van der Waals surface area contributed by atoms with E-state index in [1.54, 1.807) is 35.7 Å². The summed E-state index contributed by atoms with van der Waals surface area (Å²) in [5.74, 6) is 0.238. The molecular formula is C19H18ClN5O3. The standard InChI is InChI=1S/C19H18ClN5O3/c1-4-23-11(2)9-24-15-16(21-18(23)24)22(3)19(28)25(17(15)27)10-14(26)12-5-7-13(20)8-6-12/h5-9H,4,10H2,1-3H3. The predicted molar refractivity (Wildman–Crippen MR) is 106 cm³/mol. The SMILES string of the molecule is CCn1c(C)cn2c3c(=O)n(CC(=O)c4ccc(Cl)cc4)c(=O)n(C)c3nc12. The Bertz CT molecular complexity index is 1360. The lowest BCUT2D eigenvalue weighted by Crippen LogP contribution is -2.41. The van der Waals surface area contributed by atoms with Gasteiger partial charge in [-0.2, -0.15) is 4.98 Å². The Labute approximate surface area is 164 Å². The Kier molecular flexibility index (Phi) is 4.23. The number of aryl methyl sites for hydroxylation is 3. The molecule has 3 aromatic heterocycles. The van der Waals surface area contributed by atoms with Crippen molar-refractivity contribution in [3.63, 3.8) is 0 Å². The van der Waals surface area contributed by atoms with Crippen LogP contribution in [0.2, 0.25) is 5.02 Å². The number of aromatic nitrogens is 5. The molecule has 0 atom stereocenters. The summed E-state index contributed by atoms with van der Waals surface area (Å²) in [6, 6.07) is 6.33. The van der Waals surface area contributed by atoms with Gasteiger partial charge in [-0.3, -0.25) is 23.1 Å². The molecule has 0 N–H and O–H groups in total. The van der Waals surface area contributed by atoms with Crippen LogP contribution in [0.5, 0.6) is 0 Å². The first-order valence-corrected chi connectivity index (χ1v) is 9.17. The first kappa shape index (κ1) is 18.2. The van der Waals surface area contributed by atoms with E-state index < -0.39 is 11.2 Å². The van der Waals surface area contributed by atoms with Gasteiger partial charge in [0.2, 0.25) is 5.78 Å². The Balaban J connectivity index is 1.93. The van der Waals surface area contributed by atoms with Gasteiger partial charge in [0.25, 0.3) is 5.56 Å². The molecule has 144 valence electrons. The van der Waals surface area contributed by atoms with Gasteiger partial charge in [-0.05, 0) is 38.1 Å². The topological polar surface area (TPSA) is 83.3 Å². The molecule has 0 spiro atoms. The average molecular weight is 400 g/mol. The maximum atomic E-state index is 13.1. The molecule has 0 amide bonds. The first-order valence-electron chi connectivity index (χ1n) is 8.80. The number of Topliss-reactive ketones (excluding diaryl/α,β-unsaturated/α-hetero) is 1. The number of carbonyl (C=O) groups is 1. The van der Waals surface area contributed by atoms with Gasteiger partial charge in [0.1, 0.15) is 0 Å². The zero-order valence-electron chi connectivity index (χ0n) is 15.6. The Hall–Kier alpha value is -3.13. The van der Waals surface area contributed by atoms with Gasteiger partial charge >= 0.3 is 5.69 Å². The normalized spacial score (nSPS) is 11.6. The zero-order valence-corrected chi connectivity index (χ0v) is 16.4. The highest BCUT2D eigenvalue weighted by atomic mass is 35.5. The van der Waals surface area contributed by atoms with Crippen LogP contribution in [0.25, 0.3) is 16.9 Å². The molecule has 0 aliphatic heterocycles. The molecule has 0 bridgehead atoms. The molecule has 4 aromatic rings. The third kappa shape index (κ3) is 2.60. The quantitative estimate of drug-likeness (QED) is 0.491. The number of carbonyl (C=O) groups excluding carboxylic acids is 1. The molecule has 4 rings (SSSR count). The number of hydrogen-bond donors (Lipinski definition) is 0.